The summed E-state index contributed by atoms with van der Waals surface area (Å²) in [6.07, 6.45) is 3.16. The van der Waals surface area contributed by atoms with Gasteiger partial charge in [-0.1, -0.05) is 48.5 Å². The second-order valence-corrected chi connectivity index (χ2v) is 6.86. The molecule has 0 heterocycles. The van der Waals surface area contributed by atoms with Crippen LogP contribution in [0, 0.1) is 0 Å². The Morgan fingerprint density at radius 3 is 2.20 bits per heavy atom. The first kappa shape index (κ1) is 15.8. The first-order chi connectivity index (χ1) is 12.2. The summed E-state index contributed by atoms with van der Waals surface area (Å²) in [6.45, 7) is 0. The SMILES string of the molecule is Oc1ccc([C@H]2CCCc3cc(O)ccc3C2c2ccccc2)cc1. The molecule has 0 fully saturated rings. The third kappa shape index (κ3) is 3.12. The minimum Gasteiger partial charge on any atom is -0.508 e. The lowest BCUT2D eigenvalue weighted by molar-refractivity contribution is 0.473. The largest absolute Gasteiger partial charge is 0.508 e. The van der Waals surface area contributed by atoms with Crippen molar-refractivity contribution in [2.45, 2.75) is 31.1 Å². The molecular formula is C23H22O2. The molecule has 1 aliphatic carbocycles. The lowest BCUT2D eigenvalue weighted by Crippen LogP contribution is -2.12. The Labute approximate surface area is 148 Å². The molecule has 0 radical (unpaired) electrons. The lowest BCUT2D eigenvalue weighted by atomic mass is 9.76. The summed E-state index contributed by atoms with van der Waals surface area (Å²) in [5.74, 6) is 1.25. The van der Waals surface area contributed by atoms with E-state index in [1.54, 1.807) is 18.2 Å². The minimum absolute atomic E-state index is 0.254. The Morgan fingerprint density at radius 2 is 1.44 bits per heavy atom. The van der Waals surface area contributed by atoms with Crippen molar-refractivity contribution < 1.29 is 10.2 Å². The Kier molecular flexibility index (Phi) is 4.19. The van der Waals surface area contributed by atoms with E-state index in [0.717, 1.165) is 19.3 Å². The number of fused-ring (bicyclic) bond motifs is 1. The monoisotopic (exact) mass is 330 g/mol. The van der Waals surface area contributed by atoms with E-state index in [2.05, 4.69) is 30.3 Å². The number of rotatable bonds is 2. The highest BCUT2D eigenvalue weighted by Gasteiger charge is 2.30. The van der Waals surface area contributed by atoms with Crippen LogP contribution in [-0.4, -0.2) is 10.2 Å². The van der Waals surface area contributed by atoms with Crippen LogP contribution in [0.3, 0.4) is 0 Å². The molecule has 0 saturated heterocycles. The van der Waals surface area contributed by atoms with E-state index in [9.17, 15) is 10.2 Å². The van der Waals surface area contributed by atoms with Crippen molar-refractivity contribution in [2.75, 3.05) is 0 Å². The molecule has 1 unspecified atom stereocenters. The second-order valence-electron chi connectivity index (χ2n) is 6.86. The Morgan fingerprint density at radius 1 is 0.720 bits per heavy atom. The molecule has 2 nitrogen and oxygen atoms in total. The number of hydrogen-bond donors (Lipinski definition) is 2. The van der Waals surface area contributed by atoms with Gasteiger partial charge >= 0.3 is 0 Å². The molecule has 0 aliphatic heterocycles. The fourth-order valence-electron chi connectivity index (χ4n) is 4.16. The second kappa shape index (κ2) is 6.64. The first-order valence-corrected chi connectivity index (χ1v) is 8.88. The maximum Gasteiger partial charge on any atom is 0.115 e. The van der Waals surface area contributed by atoms with E-state index >= 15 is 0 Å². The predicted octanol–water partition coefficient (Wildman–Crippen LogP) is 5.35. The summed E-state index contributed by atoms with van der Waals surface area (Å²) in [5, 5.41) is 19.6. The fourth-order valence-corrected chi connectivity index (χ4v) is 4.16. The highest BCUT2D eigenvalue weighted by Crippen LogP contribution is 2.45. The van der Waals surface area contributed by atoms with E-state index in [1.165, 1.54) is 22.3 Å². The molecule has 1 aliphatic rings. The normalized spacial score (nSPS) is 19.8. The number of aryl methyl sites for hydroxylation is 1. The highest BCUT2D eigenvalue weighted by molar-refractivity contribution is 5.46. The van der Waals surface area contributed by atoms with E-state index in [1.807, 2.05) is 24.3 Å². The lowest BCUT2D eigenvalue weighted by Gasteiger charge is -2.28. The smallest absolute Gasteiger partial charge is 0.115 e. The number of phenolic OH excluding ortho intramolecular Hbond substituents is 2. The molecule has 4 rings (SSSR count). The number of benzene rings is 3. The highest BCUT2D eigenvalue weighted by atomic mass is 16.3. The van der Waals surface area contributed by atoms with Crippen LogP contribution >= 0.6 is 0 Å². The number of phenols is 2. The third-order valence-electron chi connectivity index (χ3n) is 5.31. The van der Waals surface area contributed by atoms with Crippen molar-refractivity contribution in [2.24, 2.45) is 0 Å². The summed E-state index contributed by atoms with van der Waals surface area (Å²) in [6, 6.07) is 24.1. The maximum atomic E-state index is 9.92. The molecule has 2 heteroatoms. The summed E-state index contributed by atoms with van der Waals surface area (Å²) in [7, 11) is 0. The van der Waals surface area contributed by atoms with Crippen LogP contribution in [0.2, 0.25) is 0 Å². The molecule has 3 aromatic carbocycles. The molecule has 2 atom stereocenters. The van der Waals surface area contributed by atoms with Gasteiger partial charge in [-0.3, -0.25) is 0 Å². The van der Waals surface area contributed by atoms with Crippen LogP contribution in [-0.2, 0) is 6.42 Å². The molecule has 0 aromatic heterocycles. The average Bonchev–Trinajstić information content (AvgIpc) is 2.82. The summed E-state index contributed by atoms with van der Waals surface area (Å²) in [4.78, 5) is 0. The predicted molar refractivity (Wildman–Crippen MR) is 100 cm³/mol. The van der Waals surface area contributed by atoms with Gasteiger partial charge in [-0.2, -0.15) is 0 Å². The summed E-state index contributed by atoms with van der Waals surface area (Å²) < 4.78 is 0. The molecule has 3 aromatic rings. The molecule has 0 amide bonds. The Balaban J connectivity index is 1.87. The van der Waals surface area contributed by atoms with Crippen molar-refractivity contribution >= 4 is 0 Å². The maximum absolute atomic E-state index is 9.92. The molecular weight excluding hydrogens is 308 g/mol. The van der Waals surface area contributed by atoms with Crippen LogP contribution in [0.1, 0.15) is 46.9 Å². The van der Waals surface area contributed by atoms with Gasteiger partial charge in [0.15, 0.2) is 0 Å². The van der Waals surface area contributed by atoms with E-state index in [4.69, 9.17) is 0 Å². The van der Waals surface area contributed by atoms with Crippen molar-refractivity contribution in [3.05, 3.63) is 95.1 Å². The van der Waals surface area contributed by atoms with Crippen LogP contribution in [0.5, 0.6) is 11.5 Å². The van der Waals surface area contributed by atoms with Crippen LogP contribution in [0.15, 0.2) is 72.8 Å². The van der Waals surface area contributed by atoms with Crippen molar-refractivity contribution in [1.29, 1.82) is 0 Å². The first-order valence-electron chi connectivity index (χ1n) is 8.88. The van der Waals surface area contributed by atoms with Crippen molar-refractivity contribution in [1.82, 2.24) is 0 Å². The Bertz CT molecular complexity index is 853. The topological polar surface area (TPSA) is 40.5 Å². The van der Waals surface area contributed by atoms with Gasteiger partial charge in [0.2, 0.25) is 0 Å². The van der Waals surface area contributed by atoms with Gasteiger partial charge in [0.25, 0.3) is 0 Å². The van der Waals surface area contributed by atoms with Crippen molar-refractivity contribution in [3.8, 4) is 11.5 Å². The van der Waals surface area contributed by atoms with Gasteiger partial charge in [0.05, 0.1) is 0 Å². The van der Waals surface area contributed by atoms with E-state index < -0.39 is 0 Å². The Hall–Kier alpha value is -2.74. The third-order valence-corrected chi connectivity index (χ3v) is 5.31. The zero-order valence-electron chi connectivity index (χ0n) is 14.1. The number of aromatic hydroxyl groups is 2. The van der Waals surface area contributed by atoms with E-state index in [-0.39, 0.29) is 5.92 Å². The van der Waals surface area contributed by atoms with Crippen LogP contribution in [0.25, 0.3) is 0 Å². The molecule has 0 spiro atoms. The standard InChI is InChI=1S/C23H22O2/c24-19-11-9-16(10-12-19)21-8-4-7-18-15-20(25)13-14-22(18)23(21)17-5-2-1-3-6-17/h1-3,5-6,9-15,21,23-25H,4,7-8H2/t21-,23?/m1/s1. The van der Waals surface area contributed by atoms with Gasteiger partial charge in [-0.05, 0) is 71.7 Å². The van der Waals surface area contributed by atoms with Gasteiger partial charge in [-0.25, -0.2) is 0 Å². The van der Waals surface area contributed by atoms with Gasteiger partial charge < -0.3 is 10.2 Å². The minimum atomic E-state index is 0.254. The molecule has 0 saturated carbocycles. The fraction of sp³-hybridized carbons (Fsp3) is 0.217. The molecule has 25 heavy (non-hydrogen) atoms. The van der Waals surface area contributed by atoms with Crippen LogP contribution < -0.4 is 0 Å². The van der Waals surface area contributed by atoms with Gasteiger partial charge in [0.1, 0.15) is 11.5 Å². The molecule has 2 N–H and O–H groups in total. The quantitative estimate of drug-likeness (QED) is 0.622. The van der Waals surface area contributed by atoms with Crippen LogP contribution in [0.4, 0.5) is 0 Å². The van der Waals surface area contributed by atoms with Crippen molar-refractivity contribution in [3.63, 3.8) is 0 Å². The van der Waals surface area contributed by atoms with Gasteiger partial charge in [0, 0.05) is 5.92 Å². The zero-order valence-corrected chi connectivity index (χ0v) is 14.1. The zero-order chi connectivity index (χ0) is 17.2. The summed E-state index contributed by atoms with van der Waals surface area (Å²) in [5.41, 5.74) is 5.11. The molecule has 0 bridgehead atoms. The average molecular weight is 330 g/mol. The van der Waals surface area contributed by atoms with E-state index in [0.29, 0.717) is 17.4 Å². The van der Waals surface area contributed by atoms with Gasteiger partial charge in [-0.15, -0.1) is 0 Å². The number of hydrogen-bond acceptors (Lipinski definition) is 2. The molecule has 126 valence electrons. The summed E-state index contributed by atoms with van der Waals surface area (Å²) >= 11 is 0.